The van der Waals surface area contributed by atoms with Crippen molar-refractivity contribution in [2.24, 2.45) is 0 Å². The molecule has 0 saturated carbocycles. The lowest BCUT2D eigenvalue weighted by atomic mass is 10.3. The SMILES string of the molecule is CN(C)c1cccc(Oc2ccc(C(=O)O)s2)c1. The third kappa shape index (κ3) is 2.81. The predicted molar refractivity (Wildman–Crippen MR) is 72.1 cm³/mol. The average molecular weight is 263 g/mol. The number of hydrogen-bond donors (Lipinski definition) is 1. The Bertz CT molecular complexity index is 563. The first-order valence-corrected chi connectivity index (χ1v) is 6.16. The Morgan fingerprint density at radius 1 is 1.28 bits per heavy atom. The van der Waals surface area contributed by atoms with Gasteiger partial charge in [-0.3, -0.25) is 0 Å². The number of carbonyl (C=O) groups is 1. The maximum Gasteiger partial charge on any atom is 0.345 e. The summed E-state index contributed by atoms with van der Waals surface area (Å²) < 4.78 is 5.63. The Labute approximate surface area is 109 Å². The van der Waals surface area contributed by atoms with E-state index in [1.54, 1.807) is 6.07 Å². The molecule has 0 fully saturated rings. The molecule has 1 heterocycles. The highest BCUT2D eigenvalue weighted by Gasteiger charge is 2.08. The molecule has 1 N–H and O–H groups in total. The number of carboxylic acids is 1. The van der Waals surface area contributed by atoms with Crippen LogP contribution in [0, 0.1) is 0 Å². The van der Waals surface area contributed by atoms with E-state index in [1.165, 1.54) is 6.07 Å². The van der Waals surface area contributed by atoms with E-state index in [1.807, 2.05) is 43.3 Å². The molecule has 0 bridgehead atoms. The van der Waals surface area contributed by atoms with Crippen molar-refractivity contribution in [2.75, 3.05) is 19.0 Å². The zero-order chi connectivity index (χ0) is 13.1. The Kier molecular flexibility index (Phi) is 3.53. The van der Waals surface area contributed by atoms with Gasteiger partial charge in [0.1, 0.15) is 10.6 Å². The Balaban J connectivity index is 2.17. The van der Waals surface area contributed by atoms with E-state index in [2.05, 4.69) is 0 Å². The average Bonchev–Trinajstić information content (AvgIpc) is 2.78. The van der Waals surface area contributed by atoms with Gasteiger partial charge < -0.3 is 14.7 Å². The number of hydrogen-bond acceptors (Lipinski definition) is 4. The molecule has 0 amide bonds. The topological polar surface area (TPSA) is 49.8 Å². The highest BCUT2D eigenvalue weighted by atomic mass is 32.1. The molecule has 5 heteroatoms. The summed E-state index contributed by atoms with van der Waals surface area (Å²) in [4.78, 5) is 13.0. The van der Waals surface area contributed by atoms with Crippen molar-refractivity contribution < 1.29 is 14.6 Å². The van der Waals surface area contributed by atoms with Gasteiger partial charge in [-0.1, -0.05) is 17.4 Å². The first-order chi connectivity index (χ1) is 8.56. The van der Waals surface area contributed by atoms with Gasteiger partial charge in [0.15, 0.2) is 5.06 Å². The summed E-state index contributed by atoms with van der Waals surface area (Å²) in [7, 11) is 3.90. The van der Waals surface area contributed by atoms with Crippen LogP contribution in [0.2, 0.25) is 0 Å². The van der Waals surface area contributed by atoms with E-state index >= 15 is 0 Å². The van der Waals surface area contributed by atoms with E-state index in [0.717, 1.165) is 17.0 Å². The van der Waals surface area contributed by atoms with Crippen LogP contribution >= 0.6 is 11.3 Å². The molecule has 18 heavy (non-hydrogen) atoms. The molecule has 0 aliphatic rings. The Morgan fingerprint density at radius 3 is 2.67 bits per heavy atom. The second kappa shape index (κ2) is 5.10. The van der Waals surface area contributed by atoms with Gasteiger partial charge >= 0.3 is 5.97 Å². The van der Waals surface area contributed by atoms with E-state index < -0.39 is 5.97 Å². The molecule has 0 atom stereocenters. The van der Waals surface area contributed by atoms with Gasteiger partial charge in [0.05, 0.1) is 0 Å². The van der Waals surface area contributed by atoms with Crippen molar-refractivity contribution in [1.82, 2.24) is 0 Å². The van der Waals surface area contributed by atoms with Gasteiger partial charge in [-0.15, -0.1) is 0 Å². The zero-order valence-electron chi connectivity index (χ0n) is 10.1. The first kappa shape index (κ1) is 12.4. The fourth-order valence-corrected chi connectivity index (χ4v) is 2.15. The van der Waals surface area contributed by atoms with Crippen LogP contribution in [-0.2, 0) is 0 Å². The van der Waals surface area contributed by atoms with Crippen LogP contribution in [0.4, 0.5) is 5.69 Å². The number of benzene rings is 1. The normalized spacial score (nSPS) is 10.1. The van der Waals surface area contributed by atoms with Crippen LogP contribution in [0.3, 0.4) is 0 Å². The molecule has 0 unspecified atom stereocenters. The van der Waals surface area contributed by atoms with Crippen LogP contribution in [0.1, 0.15) is 9.67 Å². The fourth-order valence-electron chi connectivity index (χ4n) is 1.43. The van der Waals surface area contributed by atoms with E-state index in [-0.39, 0.29) is 4.88 Å². The zero-order valence-corrected chi connectivity index (χ0v) is 10.9. The predicted octanol–water partition coefficient (Wildman–Crippen LogP) is 3.30. The van der Waals surface area contributed by atoms with Crippen molar-refractivity contribution in [2.45, 2.75) is 0 Å². The maximum absolute atomic E-state index is 10.8. The maximum atomic E-state index is 10.8. The summed E-state index contributed by atoms with van der Waals surface area (Å²) in [6, 6.07) is 10.8. The molecule has 0 aliphatic heterocycles. The highest BCUT2D eigenvalue weighted by Crippen LogP contribution is 2.30. The van der Waals surface area contributed by atoms with Gasteiger partial charge in [-0.05, 0) is 24.3 Å². The molecular formula is C13H13NO3S. The fraction of sp³-hybridized carbons (Fsp3) is 0.154. The van der Waals surface area contributed by atoms with Gasteiger partial charge in [0, 0.05) is 25.8 Å². The molecule has 1 aromatic carbocycles. The van der Waals surface area contributed by atoms with Crippen LogP contribution in [-0.4, -0.2) is 25.2 Å². The van der Waals surface area contributed by atoms with E-state index in [9.17, 15) is 4.79 Å². The van der Waals surface area contributed by atoms with Crippen LogP contribution in [0.15, 0.2) is 36.4 Å². The Morgan fingerprint density at radius 2 is 2.06 bits per heavy atom. The summed E-state index contributed by atoms with van der Waals surface area (Å²) in [5.74, 6) is -0.239. The lowest BCUT2D eigenvalue weighted by Crippen LogP contribution is -2.08. The lowest BCUT2D eigenvalue weighted by Gasteiger charge is -2.13. The first-order valence-electron chi connectivity index (χ1n) is 5.34. The van der Waals surface area contributed by atoms with Crippen molar-refractivity contribution in [3.63, 3.8) is 0 Å². The number of anilines is 1. The van der Waals surface area contributed by atoms with Crippen molar-refractivity contribution in [3.05, 3.63) is 41.3 Å². The summed E-state index contributed by atoms with van der Waals surface area (Å²) >= 11 is 1.11. The monoisotopic (exact) mass is 263 g/mol. The third-order valence-electron chi connectivity index (χ3n) is 2.34. The third-order valence-corrected chi connectivity index (χ3v) is 3.30. The smallest absolute Gasteiger partial charge is 0.345 e. The summed E-state index contributed by atoms with van der Waals surface area (Å²) in [5, 5.41) is 9.40. The Hall–Kier alpha value is -2.01. The molecule has 0 aliphatic carbocycles. The number of aromatic carboxylic acids is 1. The van der Waals surface area contributed by atoms with E-state index in [4.69, 9.17) is 9.84 Å². The lowest BCUT2D eigenvalue weighted by molar-refractivity contribution is 0.0702. The van der Waals surface area contributed by atoms with Gasteiger partial charge in [0.2, 0.25) is 0 Å². The van der Waals surface area contributed by atoms with E-state index in [0.29, 0.717) is 10.8 Å². The summed E-state index contributed by atoms with van der Waals surface area (Å²) in [6.45, 7) is 0. The molecule has 0 radical (unpaired) electrons. The molecular weight excluding hydrogens is 250 g/mol. The van der Waals surface area contributed by atoms with Gasteiger partial charge in [-0.2, -0.15) is 0 Å². The molecule has 94 valence electrons. The van der Waals surface area contributed by atoms with Gasteiger partial charge in [0.25, 0.3) is 0 Å². The van der Waals surface area contributed by atoms with Crippen molar-refractivity contribution in [3.8, 4) is 10.8 Å². The highest BCUT2D eigenvalue weighted by molar-refractivity contribution is 7.15. The van der Waals surface area contributed by atoms with Crippen LogP contribution in [0.25, 0.3) is 0 Å². The van der Waals surface area contributed by atoms with Crippen LogP contribution in [0.5, 0.6) is 10.8 Å². The molecule has 2 rings (SSSR count). The number of nitrogens with zero attached hydrogens (tertiary/aromatic N) is 1. The minimum atomic E-state index is -0.933. The number of ether oxygens (including phenoxy) is 1. The number of rotatable bonds is 4. The molecule has 4 nitrogen and oxygen atoms in total. The summed E-state index contributed by atoms with van der Waals surface area (Å²) in [6.07, 6.45) is 0. The number of thiophene rings is 1. The quantitative estimate of drug-likeness (QED) is 0.919. The summed E-state index contributed by atoms with van der Waals surface area (Å²) in [5.41, 5.74) is 1.03. The molecule has 1 aromatic heterocycles. The second-order valence-corrected chi connectivity index (χ2v) is 4.96. The second-order valence-electron chi connectivity index (χ2n) is 3.92. The van der Waals surface area contributed by atoms with Crippen molar-refractivity contribution >= 4 is 23.0 Å². The minimum absolute atomic E-state index is 0.272. The molecule has 2 aromatic rings. The molecule has 0 saturated heterocycles. The standard InChI is InChI=1S/C13H13NO3S/c1-14(2)9-4-3-5-10(8-9)17-12-7-6-11(18-12)13(15)16/h3-8H,1-2H3,(H,15,16). The van der Waals surface area contributed by atoms with Crippen LogP contribution < -0.4 is 9.64 Å². The van der Waals surface area contributed by atoms with Crippen molar-refractivity contribution in [1.29, 1.82) is 0 Å². The van der Waals surface area contributed by atoms with Gasteiger partial charge in [-0.25, -0.2) is 4.79 Å². The molecule has 0 spiro atoms. The largest absolute Gasteiger partial charge is 0.477 e. The number of carboxylic acid groups (broad SMARTS) is 1. The minimum Gasteiger partial charge on any atom is -0.477 e.